The van der Waals surface area contributed by atoms with Gasteiger partial charge in [0.15, 0.2) is 11.5 Å². The van der Waals surface area contributed by atoms with Gasteiger partial charge in [-0.25, -0.2) is 0 Å². The summed E-state index contributed by atoms with van der Waals surface area (Å²) in [7, 11) is 0. The number of likely N-dealkylation sites (tertiary alicyclic amines) is 1. The van der Waals surface area contributed by atoms with E-state index < -0.39 is 0 Å². The lowest BCUT2D eigenvalue weighted by atomic mass is 9.76. The SMILES string of the molecule is CC1(Cc2ccc3c(c2)OCO3)CCCN(C(=O)c2c[nH]c(=O)c(Cl)c2)C1. The molecule has 7 heteroatoms. The second kappa shape index (κ2) is 6.93. The predicted octanol–water partition coefficient (Wildman–Crippen LogP) is 3.24. The molecule has 6 nitrogen and oxygen atoms in total. The Balaban J connectivity index is 1.50. The van der Waals surface area contributed by atoms with E-state index in [1.165, 1.54) is 17.8 Å². The number of rotatable bonds is 3. The molecule has 2 aromatic rings. The summed E-state index contributed by atoms with van der Waals surface area (Å²) in [6.45, 7) is 3.82. The number of nitrogens with zero attached hydrogens (tertiary/aromatic N) is 1. The van der Waals surface area contributed by atoms with Crippen LogP contribution >= 0.6 is 11.6 Å². The zero-order chi connectivity index (χ0) is 19.0. The van der Waals surface area contributed by atoms with Gasteiger partial charge in [0, 0.05) is 19.3 Å². The van der Waals surface area contributed by atoms with Gasteiger partial charge < -0.3 is 19.4 Å². The molecular weight excluding hydrogens is 368 g/mol. The molecule has 1 N–H and O–H groups in total. The summed E-state index contributed by atoms with van der Waals surface area (Å²) >= 11 is 5.87. The second-order valence-corrected chi connectivity index (χ2v) is 7.98. The number of ether oxygens (including phenoxy) is 2. The van der Waals surface area contributed by atoms with E-state index in [9.17, 15) is 9.59 Å². The Morgan fingerprint density at radius 3 is 2.93 bits per heavy atom. The Hall–Kier alpha value is -2.47. The molecule has 2 aliphatic heterocycles. The van der Waals surface area contributed by atoms with E-state index in [4.69, 9.17) is 21.1 Å². The third-order valence-corrected chi connectivity index (χ3v) is 5.52. The van der Waals surface area contributed by atoms with Gasteiger partial charge in [-0.1, -0.05) is 24.6 Å². The Kier molecular flexibility index (Phi) is 4.60. The third-order valence-electron chi connectivity index (χ3n) is 5.24. The number of benzene rings is 1. The number of nitrogens with one attached hydrogen (secondary N) is 1. The minimum atomic E-state index is -0.389. The molecule has 1 fully saturated rings. The topological polar surface area (TPSA) is 71.6 Å². The standard InChI is InChI=1S/C20H21ClN2O4/c1-20(9-13-3-4-16-17(7-13)27-12-26-16)5-2-6-23(11-20)19(25)14-8-15(21)18(24)22-10-14/h3-4,7-8,10H,2,5-6,9,11-12H2,1H3,(H,22,24). The number of hydrogen-bond donors (Lipinski definition) is 1. The summed E-state index contributed by atoms with van der Waals surface area (Å²) in [6.07, 6.45) is 4.25. The maximum Gasteiger partial charge on any atom is 0.266 e. The number of carbonyl (C=O) groups is 1. The van der Waals surface area contributed by atoms with Crippen LogP contribution in [-0.4, -0.2) is 35.7 Å². The zero-order valence-corrected chi connectivity index (χ0v) is 15.8. The summed E-state index contributed by atoms with van der Waals surface area (Å²) in [5.41, 5.74) is 1.16. The average Bonchev–Trinajstić information content (AvgIpc) is 3.11. The molecule has 0 radical (unpaired) electrons. The first kappa shape index (κ1) is 17.9. The largest absolute Gasteiger partial charge is 0.454 e. The van der Waals surface area contributed by atoms with Gasteiger partial charge in [-0.3, -0.25) is 9.59 Å². The normalized spacial score (nSPS) is 21.3. The van der Waals surface area contributed by atoms with Crippen molar-refractivity contribution in [1.29, 1.82) is 0 Å². The van der Waals surface area contributed by atoms with Gasteiger partial charge >= 0.3 is 0 Å². The summed E-state index contributed by atoms with van der Waals surface area (Å²) in [4.78, 5) is 28.7. The number of aromatic amines is 1. The third kappa shape index (κ3) is 3.67. The molecule has 142 valence electrons. The maximum atomic E-state index is 12.9. The van der Waals surface area contributed by atoms with Crippen molar-refractivity contribution in [2.24, 2.45) is 5.41 Å². The number of hydrogen-bond acceptors (Lipinski definition) is 4. The fourth-order valence-corrected chi connectivity index (χ4v) is 4.11. The van der Waals surface area contributed by atoms with Gasteiger partial charge in [-0.15, -0.1) is 0 Å². The highest BCUT2D eigenvalue weighted by molar-refractivity contribution is 6.30. The van der Waals surface area contributed by atoms with E-state index in [2.05, 4.69) is 18.0 Å². The van der Waals surface area contributed by atoms with Gasteiger partial charge in [-0.2, -0.15) is 0 Å². The van der Waals surface area contributed by atoms with E-state index >= 15 is 0 Å². The van der Waals surface area contributed by atoms with Crippen LogP contribution in [0.5, 0.6) is 11.5 Å². The predicted molar refractivity (Wildman–Crippen MR) is 102 cm³/mol. The summed E-state index contributed by atoms with van der Waals surface area (Å²) in [6, 6.07) is 7.46. The molecule has 0 saturated carbocycles. The highest BCUT2D eigenvalue weighted by Crippen LogP contribution is 2.37. The van der Waals surface area contributed by atoms with Crippen molar-refractivity contribution >= 4 is 17.5 Å². The second-order valence-electron chi connectivity index (χ2n) is 7.57. The van der Waals surface area contributed by atoms with E-state index in [-0.39, 0.29) is 28.7 Å². The number of carbonyl (C=O) groups excluding carboxylic acids is 1. The number of piperidine rings is 1. The van der Waals surface area contributed by atoms with E-state index in [1.54, 1.807) is 0 Å². The monoisotopic (exact) mass is 388 g/mol. The molecule has 1 atom stereocenters. The Labute approximate surface area is 162 Å². The number of fused-ring (bicyclic) bond motifs is 1. The molecule has 1 unspecified atom stereocenters. The summed E-state index contributed by atoms with van der Waals surface area (Å²) in [5, 5.41) is 0.0287. The van der Waals surface area contributed by atoms with Crippen molar-refractivity contribution in [3.63, 3.8) is 0 Å². The van der Waals surface area contributed by atoms with E-state index in [1.807, 2.05) is 17.0 Å². The van der Waals surface area contributed by atoms with Gasteiger partial charge in [0.2, 0.25) is 6.79 Å². The molecule has 0 bridgehead atoms. The van der Waals surface area contributed by atoms with Crippen LogP contribution in [0.2, 0.25) is 5.02 Å². The van der Waals surface area contributed by atoms with Gasteiger partial charge in [0.1, 0.15) is 5.02 Å². The molecule has 2 aliphatic rings. The minimum Gasteiger partial charge on any atom is -0.454 e. The Morgan fingerprint density at radius 2 is 2.11 bits per heavy atom. The van der Waals surface area contributed by atoms with Crippen LogP contribution < -0.4 is 15.0 Å². The average molecular weight is 389 g/mol. The fourth-order valence-electron chi connectivity index (χ4n) is 3.94. The van der Waals surface area contributed by atoms with Crippen molar-refractivity contribution in [2.75, 3.05) is 19.9 Å². The molecular formula is C20H21ClN2O4. The lowest BCUT2D eigenvalue weighted by Crippen LogP contribution is -2.45. The first-order chi connectivity index (χ1) is 12.9. The molecule has 3 heterocycles. The molecule has 27 heavy (non-hydrogen) atoms. The van der Waals surface area contributed by atoms with E-state index in [0.717, 1.165) is 30.8 Å². The van der Waals surface area contributed by atoms with Crippen molar-refractivity contribution in [1.82, 2.24) is 9.88 Å². The first-order valence-electron chi connectivity index (χ1n) is 9.00. The van der Waals surface area contributed by atoms with Crippen molar-refractivity contribution in [3.8, 4) is 11.5 Å². The Bertz CT molecular complexity index is 942. The quantitative estimate of drug-likeness (QED) is 0.876. The smallest absolute Gasteiger partial charge is 0.266 e. The molecule has 4 rings (SSSR count). The lowest BCUT2D eigenvalue weighted by Gasteiger charge is -2.40. The molecule has 1 aromatic carbocycles. The highest BCUT2D eigenvalue weighted by atomic mass is 35.5. The number of H-pyrrole nitrogens is 1. The van der Waals surface area contributed by atoms with Crippen LogP contribution in [0.25, 0.3) is 0 Å². The Morgan fingerprint density at radius 1 is 1.30 bits per heavy atom. The van der Waals surface area contributed by atoms with Crippen LogP contribution in [0.3, 0.4) is 0 Å². The number of pyridine rings is 1. The molecule has 0 aliphatic carbocycles. The van der Waals surface area contributed by atoms with Crippen LogP contribution in [-0.2, 0) is 6.42 Å². The molecule has 1 aromatic heterocycles. The lowest BCUT2D eigenvalue weighted by molar-refractivity contribution is 0.0550. The highest BCUT2D eigenvalue weighted by Gasteiger charge is 2.34. The van der Waals surface area contributed by atoms with Crippen LogP contribution in [0.4, 0.5) is 0 Å². The maximum absolute atomic E-state index is 12.9. The van der Waals surface area contributed by atoms with Gasteiger partial charge in [-0.05, 0) is 48.4 Å². The van der Waals surface area contributed by atoms with Gasteiger partial charge in [0.05, 0.1) is 5.56 Å². The number of amides is 1. The van der Waals surface area contributed by atoms with E-state index in [0.29, 0.717) is 18.7 Å². The fraction of sp³-hybridized carbons (Fsp3) is 0.400. The minimum absolute atomic E-state index is 0.0287. The van der Waals surface area contributed by atoms with Crippen LogP contribution in [0.1, 0.15) is 35.7 Å². The zero-order valence-electron chi connectivity index (χ0n) is 15.1. The first-order valence-corrected chi connectivity index (χ1v) is 9.37. The van der Waals surface area contributed by atoms with Crippen molar-refractivity contribution in [3.05, 3.63) is 57.0 Å². The summed E-state index contributed by atoms with van der Waals surface area (Å²) < 4.78 is 10.8. The molecule has 0 spiro atoms. The van der Waals surface area contributed by atoms with Crippen molar-refractivity contribution in [2.45, 2.75) is 26.2 Å². The number of aromatic nitrogens is 1. The van der Waals surface area contributed by atoms with Crippen molar-refractivity contribution < 1.29 is 14.3 Å². The molecule has 1 saturated heterocycles. The van der Waals surface area contributed by atoms with Crippen LogP contribution in [0.15, 0.2) is 35.3 Å². The number of halogens is 1. The van der Waals surface area contributed by atoms with Crippen LogP contribution in [0, 0.1) is 5.41 Å². The molecule has 1 amide bonds. The van der Waals surface area contributed by atoms with Gasteiger partial charge in [0.25, 0.3) is 11.5 Å². The summed E-state index contributed by atoms with van der Waals surface area (Å²) in [5.74, 6) is 1.45.